The summed E-state index contributed by atoms with van der Waals surface area (Å²) in [5.41, 5.74) is 3.70. The number of halogens is 1. The Morgan fingerprint density at radius 3 is 2.09 bits per heavy atom. The van der Waals surface area contributed by atoms with Gasteiger partial charge in [-0.2, -0.15) is 0 Å². The molecule has 0 heterocycles. The topological polar surface area (TPSA) is 24.1 Å². The first-order chi connectivity index (χ1) is 10.8. The van der Waals surface area contributed by atoms with Crippen LogP contribution in [0, 0.1) is 0 Å². The summed E-state index contributed by atoms with van der Waals surface area (Å²) in [6, 6.07) is 16.8. The van der Waals surface area contributed by atoms with Gasteiger partial charge in [0.2, 0.25) is 0 Å². The second kappa shape index (κ2) is 7.45. The Hall–Kier alpha value is -1.39. The van der Waals surface area contributed by atoms with E-state index in [2.05, 4.69) is 78.5 Å². The first kappa shape index (κ1) is 18.0. The van der Waals surface area contributed by atoms with Crippen LogP contribution in [0.4, 0.5) is 5.69 Å². The van der Waals surface area contributed by atoms with E-state index in [1.807, 2.05) is 24.3 Å². The van der Waals surface area contributed by atoms with Gasteiger partial charge in [0, 0.05) is 10.2 Å². The van der Waals surface area contributed by atoms with E-state index in [9.17, 15) is 0 Å². The first-order valence-electron chi connectivity index (χ1n) is 7.69. The molecule has 23 heavy (non-hydrogen) atoms. The molecule has 0 saturated heterocycles. The van der Waals surface area contributed by atoms with Crippen LogP contribution < -0.4 is 10.6 Å². The lowest BCUT2D eigenvalue weighted by molar-refractivity contribution is 0.589. The van der Waals surface area contributed by atoms with E-state index in [-0.39, 0.29) is 11.5 Å². The highest BCUT2D eigenvalue weighted by molar-refractivity contribution is 9.10. The van der Waals surface area contributed by atoms with Crippen molar-refractivity contribution in [1.82, 2.24) is 5.32 Å². The molecule has 0 amide bonds. The summed E-state index contributed by atoms with van der Waals surface area (Å²) in [7, 11) is 0. The molecule has 0 radical (unpaired) electrons. The lowest BCUT2D eigenvalue weighted by atomic mass is 9.86. The molecule has 0 fully saturated rings. The van der Waals surface area contributed by atoms with Crippen LogP contribution in [0.3, 0.4) is 0 Å². The van der Waals surface area contributed by atoms with Crippen molar-refractivity contribution in [3.8, 4) is 0 Å². The molecule has 2 rings (SSSR count). The fraction of sp³-hybridized carbons (Fsp3) is 0.316. The van der Waals surface area contributed by atoms with Gasteiger partial charge in [0.25, 0.3) is 0 Å². The Kier molecular flexibility index (Phi) is 5.82. The van der Waals surface area contributed by atoms with Gasteiger partial charge in [0.05, 0.1) is 6.04 Å². The molecule has 2 N–H and O–H groups in total. The molecule has 0 saturated carbocycles. The van der Waals surface area contributed by atoms with Gasteiger partial charge in [-0.15, -0.1) is 0 Å². The summed E-state index contributed by atoms with van der Waals surface area (Å²) in [6.07, 6.45) is 0. The van der Waals surface area contributed by atoms with Crippen LogP contribution in [-0.4, -0.2) is 5.11 Å². The number of nitrogens with one attached hydrogen (secondary N) is 2. The Morgan fingerprint density at radius 2 is 1.57 bits per heavy atom. The molecule has 0 bridgehead atoms. The normalized spacial score (nSPS) is 12.6. The number of rotatable bonds is 3. The van der Waals surface area contributed by atoms with Crippen LogP contribution >= 0.6 is 28.1 Å². The second-order valence-corrected chi connectivity index (χ2v) is 8.02. The standard InChI is InChI=1S/C19H23BrN2S/c1-13(14-5-7-15(8-6-14)19(2,3)4)21-18(23)22-17-11-9-16(20)10-12-17/h5-13H,1-4H3,(H2,21,22,23)/t13-/m1/s1. The molecular weight excluding hydrogens is 368 g/mol. The molecule has 1 atom stereocenters. The minimum Gasteiger partial charge on any atom is -0.356 e. The highest BCUT2D eigenvalue weighted by Gasteiger charge is 2.14. The van der Waals surface area contributed by atoms with E-state index in [4.69, 9.17) is 12.2 Å². The van der Waals surface area contributed by atoms with Crippen LogP contribution in [-0.2, 0) is 5.41 Å². The maximum absolute atomic E-state index is 5.40. The van der Waals surface area contributed by atoms with E-state index in [1.165, 1.54) is 11.1 Å². The Labute approximate surface area is 152 Å². The lowest BCUT2D eigenvalue weighted by Crippen LogP contribution is -2.30. The average molecular weight is 391 g/mol. The summed E-state index contributed by atoms with van der Waals surface area (Å²) in [6.45, 7) is 8.78. The number of benzene rings is 2. The number of thiocarbonyl (C=S) groups is 1. The van der Waals surface area contributed by atoms with Crippen molar-refractivity contribution in [2.45, 2.75) is 39.2 Å². The van der Waals surface area contributed by atoms with Crippen molar-refractivity contribution in [2.75, 3.05) is 5.32 Å². The molecule has 0 spiro atoms. The molecule has 0 unspecified atom stereocenters. The van der Waals surface area contributed by atoms with Crippen molar-refractivity contribution in [3.05, 3.63) is 64.1 Å². The van der Waals surface area contributed by atoms with Gasteiger partial charge in [0.15, 0.2) is 5.11 Å². The monoisotopic (exact) mass is 390 g/mol. The molecule has 122 valence electrons. The van der Waals surface area contributed by atoms with E-state index in [0.29, 0.717) is 5.11 Å². The summed E-state index contributed by atoms with van der Waals surface area (Å²) in [5, 5.41) is 7.16. The van der Waals surface area contributed by atoms with Gasteiger partial charge in [-0.1, -0.05) is 61.0 Å². The lowest BCUT2D eigenvalue weighted by Gasteiger charge is -2.21. The molecule has 0 aliphatic rings. The maximum atomic E-state index is 5.40. The third-order valence-electron chi connectivity index (χ3n) is 3.73. The Bertz CT molecular complexity index is 657. The van der Waals surface area contributed by atoms with Crippen LogP contribution in [0.15, 0.2) is 53.0 Å². The minimum absolute atomic E-state index is 0.152. The van der Waals surface area contributed by atoms with Crippen molar-refractivity contribution in [3.63, 3.8) is 0 Å². The fourth-order valence-corrected chi connectivity index (χ4v) is 2.81. The molecule has 2 aromatic rings. The first-order valence-corrected chi connectivity index (χ1v) is 8.89. The van der Waals surface area contributed by atoms with Gasteiger partial charge < -0.3 is 10.6 Å². The number of anilines is 1. The zero-order valence-corrected chi connectivity index (χ0v) is 16.4. The van der Waals surface area contributed by atoms with Crippen molar-refractivity contribution >= 4 is 38.9 Å². The number of hydrogen-bond donors (Lipinski definition) is 2. The number of hydrogen-bond acceptors (Lipinski definition) is 1. The van der Waals surface area contributed by atoms with Gasteiger partial charge in [-0.25, -0.2) is 0 Å². The summed E-state index contributed by atoms with van der Waals surface area (Å²) >= 11 is 8.82. The van der Waals surface area contributed by atoms with Crippen LogP contribution in [0.25, 0.3) is 0 Å². The highest BCUT2D eigenvalue weighted by Crippen LogP contribution is 2.24. The van der Waals surface area contributed by atoms with Gasteiger partial charge in [-0.05, 0) is 59.9 Å². The summed E-state index contributed by atoms with van der Waals surface area (Å²) in [4.78, 5) is 0. The van der Waals surface area contributed by atoms with Gasteiger partial charge in [-0.3, -0.25) is 0 Å². The zero-order valence-electron chi connectivity index (χ0n) is 14.0. The smallest absolute Gasteiger partial charge is 0.171 e. The van der Waals surface area contributed by atoms with E-state index >= 15 is 0 Å². The minimum atomic E-state index is 0.152. The van der Waals surface area contributed by atoms with Gasteiger partial charge >= 0.3 is 0 Å². The molecule has 2 nitrogen and oxygen atoms in total. The third kappa shape index (κ3) is 5.33. The quantitative estimate of drug-likeness (QED) is 0.647. The molecule has 0 aliphatic heterocycles. The summed E-state index contributed by atoms with van der Waals surface area (Å²) < 4.78 is 1.05. The largest absolute Gasteiger partial charge is 0.356 e. The molecule has 2 aromatic carbocycles. The molecule has 4 heteroatoms. The second-order valence-electron chi connectivity index (χ2n) is 6.70. The van der Waals surface area contributed by atoms with Crippen LogP contribution in [0.2, 0.25) is 0 Å². The molecule has 0 aliphatic carbocycles. The third-order valence-corrected chi connectivity index (χ3v) is 4.47. The van der Waals surface area contributed by atoms with E-state index < -0.39 is 0 Å². The van der Waals surface area contributed by atoms with Crippen molar-refractivity contribution < 1.29 is 0 Å². The Balaban J connectivity index is 1.96. The summed E-state index contributed by atoms with van der Waals surface area (Å²) in [5.74, 6) is 0. The maximum Gasteiger partial charge on any atom is 0.171 e. The SMILES string of the molecule is C[C@@H](NC(=S)Nc1ccc(Br)cc1)c1ccc(C(C)(C)C)cc1. The molecular formula is C19H23BrN2S. The van der Waals surface area contributed by atoms with Crippen molar-refractivity contribution in [2.24, 2.45) is 0 Å². The van der Waals surface area contributed by atoms with Gasteiger partial charge in [0.1, 0.15) is 0 Å². The highest BCUT2D eigenvalue weighted by atomic mass is 79.9. The average Bonchev–Trinajstić information content (AvgIpc) is 2.49. The van der Waals surface area contributed by atoms with Crippen molar-refractivity contribution in [1.29, 1.82) is 0 Å². The molecule has 0 aromatic heterocycles. The van der Waals surface area contributed by atoms with Crippen LogP contribution in [0.1, 0.15) is 44.9 Å². The Morgan fingerprint density at radius 1 is 1.00 bits per heavy atom. The zero-order chi connectivity index (χ0) is 17.0. The van der Waals surface area contributed by atoms with E-state index in [0.717, 1.165) is 10.2 Å². The fourth-order valence-electron chi connectivity index (χ4n) is 2.25. The van der Waals surface area contributed by atoms with Crippen LogP contribution in [0.5, 0.6) is 0 Å². The predicted octanol–water partition coefficient (Wildman–Crippen LogP) is 5.79. The predicted molar refractivity (Wildman–Crippen MR) is 107 cm³/mol. The van der Waals surface area contributed by atoms with E-state index in [1.54, 1.807) is 0 Å².